The van der Waals surface area contributed by atoms with E-state index in [1.807, 2.05) is 0 Å². The van der Waals surface area contributed by atoms with Gasteiger partial charge < -0.3 is 15.5 Å². The van der Waals surface area contributed by atoms with E-state index in [-0.39, 0.29) is 18.3 Å². The zero-order valence-corrected chi connectivity index (χ0v) is 13.1. The lowest BCUT2D eigenvalue weighted by atomic mass is 9.84. The molecule has 1 fully saturated rings. The van der Waals surface area contributed by atoms with E-state index >= 15 is 0 Å². The minimum atomic E-state index is -4.32. The molecule has 24 heavy (non-hydrogen) atoms. The summed E-state index contributed by atoms with van der Waals surface area (Å²) in [6, 6.07) is 5.13. The fourth-order valence-corrected chi connectivity index (χ4v) is 2.63. The predicted octanol–water partition coefficient (Wildman–Crippen LogP) is 2.96. The van der Waals surface area contributed by atoms with E-state index in [1.54, 1.807) is 0 Å². The van der Waals surface area contributed by atoms with Crippen LogP contribution in [0.15, 0.2) is 24.3 Å². The van der Waals surface area contributed by atoms with Crippen molar-refractivity contribution in [3.63, 3.8) is 0 Å². The molecule has 1 heterocycles. The molecule has 0 bridgehead atoms. The van der Waals surface area contributed by atoms with Gasteiger partial charge in [0.25, 0.3) is 5.97 Å². The van der Waals surface area contributed by atoms with Crippen molar-refractivity contribution in [3.05, 3.63) is 35.4 Å². The summed E-state index contributed by atoms with van der Waals surface area (Å²) in [6.07, 6.45) is -3.55. The van der Waals surface area contributed by atoms with Gasteiger partial charge in [0.15, 0.2) is 0 Å². The maximum absolute atomic E-state index is 12.5. The van der Waals surface area contributed by atoms with E-state index in [0.717, 1.165) is 24.6 Å². The highest BCUT2D eigenvalue weighted by molar-refractivity contribution is 5.67. The topological polar surface area (TPSA) is 86.6 Å². The molecule has 0 amide bonds. The minimum Gasteiger partial charge on any atom is -0.481 e. The summed E-state index contributed by atoms with van der Waals surface area (Å²) in [5, 5.41) is 19.4. The molecule has 0 spiro atoms. The van der Waals surface area contributed by atoms with Gasteiger partial charge >= 0.3 is 12.1 Å². The maximum Gasteiger partial charge on any atom is 0.416 e. The van der Waals surface area contributed by atoms with Crippen molar-refractivity contribution < 1.29 is 33.0 Å². The quantitative estimate of drug-likeness (QED) is 0.783. The zero-order valence-electron chi connectivity index (χ0n) is 13.1. The number of hydrogen-bond donors (Lipinski definition) is 3. The Kier molecular flexibility index (Phi) is 7.21. The number of halogens is 3. The number of aliphatic carboxylic acids is 2. The number of carboxylic acids is 2. The second-order valence-corrected chi connectivity index (χ2v) is 5.69. The summed E-state index contributed by atoms with van der Waals surface area (Å²) >= 11 is 0. The van der Waals surface area contributed by atoms with Gasteiger partial charge in [-0.2, -0.15) is 13.2 Å². The minimum absolute atomic E-state index is 0.0218. The Morgan fingerprint density at radius 3 is 2.17 bits per heavy atom. The molecule has 1 aliphatic rings. The third-order valence-electron chi connectivity index (χ3n) is 3.61. The molecule has 0 saturated carbocycles. The normalized spacial score (nSPS) is 20.7. The first-order valence-corrected chi connectivity index (χ1v) is 7.38. The number of alkyl halides is 3. The van der Waals surface area contributed by atoms with Gasteiger partial charge in [-0.05, 0) is 42.5 Å². The molecule has 0 aromatic heterocycles. The zero-order chi connectivity index (χ0) is 18.3. The van der Waals surface area contributed by atoms with Crippen molar-refractivity contribution in [2.45, 2.75) is 31.9 Å². The molecule has 3 N–H and O–H groups in total. The number of piperidine rings is 1. The average molecular weight is 347 g/mol. The highest BCUT2D eigenvalue weighted by atomic mass is 19.4. The predicted molar refractivity (Wildman–Crippen MR) is 80.7 cm³/mol. The molecule has 2 unspecified atom stereocenters. The van der Waals surface area contributed by atoms with Crippen LogP contribution < -0.4 is 5.32 Å². The van der Waals surface area contributed by atoms with Gasteiger partial charge in [0.05, 0.1) is 5.56 Å². The van der Waals surface area contributed by atoms with E-state index in [0.29, 0.717) is 19.5 Å². The summed E-state index contributed by atoms with van der Waals surface area (Å²) < 4.78 is 37.5. The third kappa shape index (κ3) is 6.99. The van der Waals surface area contributed by atoms with Crippen molar-refractivity contribution in [1.29, 1.82) is 0 Å². The van der Waals surface area contributed by atoms with Gasteiger partial charge in [0.2, 0.25) is 0 Å². The standard InChI is InChI=1S/C14H16F3NO2.C2H4O2/c15-14(16,17)12-3-1-10(2-4-12)11-5-9(6-13(19)20)7-18-8-11;1-2(3)4/h1-4,9,11,18H,5-8H2,(H,19,20);1H3,(H,3,4). The average Bonchev–Trinajstić information content (AvgIpc) is 2.45. The molecule has 0 radical (unpaired) electrons. The highest BCUT2D eigenvalue weighted by Gasteiger charge is 2.31. The summed E-state index contributed by atoms with van der Waals surface area (Å²) in [5.41, 5.74) is 0.160. The molecule has 1 aromatic rings. The lowest BCUT2D eigenvalue weighted by Gasteiger charge is -2.29. The number of carboxylic acid groups (broad SMARTS) is 2. The van der Waals surface area contributed by atoms with E-state index in [2.05, 4.69) is 5.32 Å². The van der Waals surface area contributed by atoms with Crippen molar-refractivity contribution in [3.8, 4) is 0 Å². The Morgan fingerprint density at radius 1 is 1.17 bits per heavy atom. The Labute approximate surface area is 137 Å². The number of nitrogens with one attached hydrogen (secondary N) is 1. The van der Waals surface area contributed by atoms with Crippen LogP contribution in [-0.2, 0) is 15.8 Å². The molecule has 8 heteroatoms. The molecular formula is C16H20F3NO4. The van der Waals surface area contributed by atoms with Crippen LogP contribution in [-0.4, -0.2) is 35.2 Å². The smallest absolute Gasteiger partial charge is 0.416 e. The van der Waals surface area contributed by atoms with Crippen molar-refractivity contribution in [1.82, 2.24) is 5.32 Å². The largest absolute Gasteiger partial charge is 0.481 e. The summed E-state index contributed by atoms with van der Waals surface area (Å²) in [4.78, 5) is 19.7. The monoisotopic (exact) mass is 347 g/mol. The molecule has 1 aliphatic heterocycles. The van der Waals surface area contributed by atoms with Crippen molar-refractivity contribution >= 4 is 11.9 Å². The van der Waals surface area contributed by atoms with Crippen LogP contribution in [0, 0.1) is 5.92 Å². The fraction of sp³-hybridized carbons (Fsp3) is 0.500. The van der Waals surface area contributed by atoms with E-state index in [9.17, 15) is 18.0 Å². The fourth-order valence-electron chi connectivity index (χ4n) is 2.63. The van der Waals surface area contributed by atoms with Gasteiger partial charge in [-0.1, -0.05) is 12.1 Å². The van der Waals surface area contributed by atoms with Crippen LogP contribution in [0.4, 0.5) is 13.2 Å². The Hall–Kier alpha value is -2.09. The van der Waals surface area contributed by atoms with Gasteiger partial charge in [0, 0.05) is 19.9 Å². The first kappa shape index (κ1) is 20.0. The molecule has 1 saturated heterocycles. The SMILES string of the molecule is CC(=O)O.O=C(O)CC1CNCC(c2ccc(C(F)(F)F)cc2)C1. The number of benzene rings is 1. The van der Waals surface area contributed by atoms with Crippen LogP contribution >= 0.6 is 0 Å². The Balaban J connectivity index is 0.000000648. The molecule has 1 aromatic carbocycles. The van der Waals surface area contributed by atoms with Crippen LogP contribution in [0.5, 0.6) is 0 Å². The second kappa shape index (κ2) is 8.68. The first-order valence-electron chi connectivity index (χ1n) is 7.38. The van der Waals surface area contributed by atoms with Gasteiger partial charge in [-0.15, -0.1) is 0 Å². The molecule has 5 nitrogen and oxygen atoms in total. The maximum atomic E-state index is 12.5. The molecular weight excluding hydrogens is 327 g/mol. The van der Waals surface area contributed by atoms with Gasteiger partial charge in [-0.3, -0.25) is 9.59 Å². The number of rotatable bonds is 3. The molecule has 134 valence electrons. The lowest BCUT2D eigenvalue weighted by molar-refractivity contribution is -0.139. The van der Waals surface area contributed by atoms with Crippen LogP contribution in [0.2, 0.25) is 0 Å². The third-order valence-corrected chi connectivity index (χ3v) is 3.61. The van der Waals surface area contributed by atoms with Crippen LogP contribution in [0.25, 0.3) is 0 Å². The highest BCUT2D eigenvalue weighted by Crippen LogP contribution is 2.32. The Morgan fingerprint density at radius 2 is 1.71 bits per heavy atom. The molecule has 2 atom stereocenters. The van der Waals surface area contributed by atoms with E-state index in [1.165, 1.54) is 12.1 Å². The van der Waals surface area contributed by atoms with Crippen molar-refractivity contribution in [2.24, 2.45) is 5.92 Å². The van der Waals surface area contributed by atoms with Crippen molar-refractivity contribution in [2.75, 3.05) is 13.1 Å². The lowest BCUT2D eigenvalue weighted by Crippen LogP contribution is -2.36. The summed E-state index contributed by atoms with van der Waals surface area (Å²) in [5.74, 6) is -1.59. The van der Waals surface area contributed by atoms with E-state index in [4.69, 9.17) is 15.0 Å². The van der Waals surface area contributed by atoms with Gasteiger partial charge in [-0.25, -0.2) is 0 Å². The summed E-state index contributed by atoms with van der Waals surface area (Å²) in [6.45, 7) is 2.39. The summed E-state index contributed by atoms with van der Waals surface area (Å²) in [7, 11) is 0. The first-order chi connectivity index (χ1) is 11.1. The molecule has 2 rings (SSSR count). The van der Waals surface area contributed by atoms with Crippen LogP contribution in [0.1, 0.15) is 36.8 Å². The second-order valence-electron chi connectivity index (χ2n) is 5.69. The van der Waals surface area contributed by atoms with Gasteiger partial charge in [0.1, 0.15) is 0 Å². The Bertz CT molecular complexity index is 553. The van der Waals surface area contributed by atoms with E-state index < -0.39 is 23.7 Å². The number of hydrogen-bond acceptors (Lipinski definition) is 3. The van der Waals surface area contributed by atoms with Crippen LogP contribution in [0.3, 0.4) is 0 Å². The number of carbonyl (C=O) groups is 2. The molecule has 0 aliphatic carbocycles.